The maximum Gasteiger partial charge on any atom is 0.320 e. The van der Waals surface area contributed by atoms with Gasteiger partial charge in [-0.1, -0.05) is 30.3 Å². The lowest BCUT2D eigenvalue weighted by molar-refractivity contribution is -0.142. The van der Waals surface area contributed by atoms with Gasteiger partial charge in [0.25, 0.3) is 0 Å². The fourth-order valence-electron chi connectivity index (χ4n) is 2.58. The molecular formula is C15H19NO3. The highest BCUT2D eigenvalue weighted by molar-refractivity contribution is 5.95. The molecule has 4 nitrogen and oxygen atoms in total. The lowest BCUT2D eigenvalue weighted by Crippen LogP contribution is -2.36. The van der Waals surface area contributed by atoms with Gasteiger partial charge in [0.1, 0.15) is 6.04 Å². The predicted octanol–water partition coefficient (Wildman–Crippen LogP) is 2.20. The zero-order valence-corrected chi connectivity index (χ0v) is 10.9. The van der Waals surface area contributed by atoms with E-state index in [-0.39, 0.29) is 11.8 Å². The number of carboxylic acids is 1. The van der Waals surface area contributed by atoms with Gasteiger partial charge in [0, 0.05) is 12.0 Å². The van der Waals surface area contributed by atoms with Crippen molar-refractivity contribution in [1.82, 2.24) is 4.90 Å². The lowest BCUT2D eigenvalue weighted by atomic mass is 10.1. The minimum absolute atomic E-state index is 0.131. The predicted molar refractivity (Wildman–Crippen MR) is 72.2 cm³/mol. The summed E-state index contributed by atoms with van der Waals surface area (Å²) in [5.41, 5.74) is 0.735. The number of carbonyl (C=O) groups excluding carboxylic acids is 1. The van der Waals surface area contributed by atoms with Gasteiger partial charge in [0.15, 0.2) is 5.78 Å². The summed E-state index contributed by atoms with van der Waals surface area (Å²) in [4.78, 5) is 24.9. The zero-order valence-electron chi connectivity index (χ0n) is 10.9. The van der Waals surface area contributed by atoms with Crippen molar-refractivity contribution in [3.05, 3.63) is 35.9 Å². The molecule has 1 aromatic carbocycles. The van der Waals surface area contributed by atoms with Gasteiger partial charge in [0.05, 0.1) is 0 Å². The quantitative estimate of drug-likeness (QED) is 0.798. The second-order valence-electron chi connectivity index (χ2n) is 4.92. The Kier molecular flexibility index (Phi) is 4.68. The average molecular weight is 261 g/mol. The summed E-state index contributed by atoms with van der Waals surface area (Å²) >= 11 is 0. The van der Waals surface area contributed by atoms with Gasteiger partial charge in [-0.3, -0.25) is 14.5 Å². The van der Waals surface area contributed by atoms with E-state index in [1.54, 1.807) is 0 Å². The lowest BCUT2D eigenvalue weighted by Gasteiger charge is -2.20. The molecule has 2 rings (SSSR count). The first kappa shape index (κ1) is 13.7. The van der Waals surface area contributed by atoms with E-state index in [0.717, 1.165) is 31.4 Å². The molecule has 1 heterocycles. The number of aliphatic carboxylic acids is 1. The van der Waals surface area contributed by atoms with Gasteiger partial charge in [0.2, 0.25) is 0 Å². The maximum atomic E-state index is 11.9. The van der Waals surface area contributed by atoms with Crippen LogP contribution < -0.4 is 0 Å². The summed E-state index contributed by atoms with van der Waals surface area (Å²) in [7, 11) is 0. The van der Waals surface area contributed by atoms with Crippen LogP contribution in [-0.2, 0) is 4.79 Å². The Morgan fingerprint density at radius 3 is 2.68 bits per heavy atom. The first-order valence-corrected chi connectivity index (χ1v) is 6.73. The normalized spacial score (nSPS) is 19.5. The molecule has 0 radical (unpaired) electrons. The van der Waals surface area contributed by atoms with Crippen molar-refractivity contribution in [3.8, 4) is 0 Å². The molecule has 4 heteroatoms. The third kappa shape index (κ3) is 3.64. The van der Waals surface area contributed by atoms with Crippen LogP contribution in [0.3, 0.4) is 0 Å². The Bertz CT molecular complexity index is 444. The zero-order chi connectivity index (χ0) is 13.7. The summed E-state index contributed by atoms with van der Waals surface area (Å²) in [5.74, 6) is -0.612. The van der Waals surface area contributed by atoms with E-state index in [9.17, 15) is 9.59 Å². The minimum Gasteiger partial charge on any atom is -0.480 e. The third-order valence-corrected chi connectivity index (χ3v) is 3.59. The number of rotatable bonds is 6. The number of carboxylic acid groups (broad SMARTS) is 1. The van der Waals surface area contributed by atoms with Crippen molar-refractivity contribution in [1.29, 1.82) is 0 Å². The molecule has 1 N–H and O–H groups in total. The molecule has 19 heavy (non-hydrogen) atoms. The Balaban J connectivity index is 1.78. The van der Waals surface area contributed by atoms with Crippen molar-refractivity contribution in [3.63, 3.8) is 0 Å². The standard InChI is InChI=1S/C15H19NO3/c17-14(12-6-2-1-3-7-12)9-5-11-16-10-4-8-13(16)15(18)19/h1-3,6-7,13H,4-5,8-11H2,(H,18,19)/t13-/m0/s1. The van der Waals surface area contributed by atoms with Crippen LogP contribution in [0.5, 0.6) is 0 Å². The molecule has 1 fully saturated rings. The van der Waals surface area contributed by atoms with Crippen LogP contribution in [0.2, 0.25) is 0 Å². The summed E-state index contributed by atoms with van der Waals surface area (Å²) in [6.07, 6.45) is 2.86. The van der Waals surface area contributed by atoms with Crippen LogP contribution in [0.4, 0.5) is 0 Å². The summed E-state index contributed by atoms with van der Waals surface area (Å²) < 4.78 is 0. The highest BCUT2D eigenvalue weighted by atomic mass is 16.4. The molecule has 1 aliphatic rings. The van der Waals surface area contributed by atoms with Crippen LogP contribution in [0, 0.1) is 0 Å². The number of likely N-dealkylation sites (tertiary alicyclic amines) is 1. The van der Waals surface area contributed by atoms with Crippen molar-refractivity contribution >= 4 is 11.8 Å². The fourth-order valence-corrected chi connectivity index (χ4v) is 2.58. The van der Waals surface area contributed by atoms with Gasteiger partial charge >= 0.3 is 5.97 Å². The van der Waals surface area contributed by atoms with Gasteiger partial charge in [-0.05, 0) is 32.4 Å². The smallest absolute Gasteiger partial charge is 0.320 e. The Morgan fingerprint density at radius 2 is 2.00 bits per heavy atom. The number of ketones is 1. The molecule has 102 valence electrons. The fraction of sp³-hybridized carbons (Fsp3) is 0.467. The molecule has 1 aromatic rings. The molecule has 0 saturated carbocycles. The van der Waals surface area contributed by atoms with Crippen molar-refractivity contribution in [2.75, 3.05) is 13.1 Å². The van der Waals surface area contributed by atoms with Gasteiger partial charge < -0.3 is 5.11 Å². The molecule has 1 aliphatic heterocycles. The number of carbonyl (C=O) groups is 2. The van der Waals surface area contributed by atoms with E-state index in [1.807, 2.05) is 35.2 Å². The van der Waals surface area contributed by atoms with Crippen LogP contribution >= 0.6 is 0 Å². The van der Waals surface area contributed by atoms with Gasteiger partial charge in [-0.15, -0.1) is 0 Å². The molecule has 0 aromatic heterocycles. The monoisotopic (exact) mass is 261 g/mol. The van der Waals surface area contributed by atoms with Crippen LogP contribution in [0.15, 0.2) is 30.3 Å². The molecule has 0 amide bonds. The van der Waals surface area contributed by atoms with Gasteiger partial charge in [-0.2, -0.15) is 0 Å². The number of nitrogens with zero attached hydrogens (tertiary/aromatic N) is 1. The number of hydrogen-bond donors (Lipinski definition) is 1. The molecular weight excluding hydrogens is 242 g/mol. The number of benzene rings is 1. The highest BCUT2D eigenvalue weighted by Crippen LogP contribution is 2.18. The second-order valence-corrected chi connectivity index (χ2v) is 4.92. The van der Waals surface area contributed by atoms with Crippen LogP contribution in [0.1, 0.15) is 36.0 Å². The molecule has 0 unspecified atom stereocenters. The Labute approximate surface area is 113 Å². The van der Waals surface area contributed by atoms with Crippen LogP contribution in [0.25, 0.3) is 0 Å². The molecule has 1 saturated heterocycles. The van der Waals surface area contributed by atoms with E-state index in [0.29, 0.717) is 13.0 Å². The van der Waals surface area contributed by atoms with E-state index in [2.05, 4.69) is 0 Å². The number of Topliss-reactive ketones (excluding diaryl/α,β-unsaturated/α-hetero) is 1. The van der Waals surface area contributed by atoms with Gasteiger partial charge in [-0.25, -0.2) is 0 Å². The van der Waals surface area contributed by atoms with E-state index in [1.165, 1.54) is 0 Å². The second kappa shape index (κ2) is 6.48. The molecule has 1 atom stereocenters. The molecule has 0 aliphatic carbocycles. The molecule has 0 bridgehead atoms. The summed E-state index contributed by atoms with van der Waals surface area (Å²) in [5, 5.41) is 9.06. The summed E-state index contributed by atoms with van der Waals surface area (Å²) in [6.45, 7) is 1.52. The number of hydrogen-bond acceptors (Lipinski definition) is 3. The molecule has 0 spiro atoms. The van der Waals surface area contributed by atoms with E-state index >= 15 is 0 Å². The SMILES string of the molecule is O=C(CCCN1CCC[C@H]1C(=O)O)c1ccccc1. The van der Waals surface area contributed by atoms with E-state index < -0.39 is 5.97 Å². The summed E-state index contributed by atoms with van der Waals surface area (Å²) in [6, 6.07) is 8.88. The first-order chi connectivity index (χ1) is 9.18. The highest BCUT2D eigenvalue weighted by Gasteiger charge is 2.29. The van der Waals surface area contributed by atoms with Crippen molar-refractivity contribution in [2.45, 2.75) is 31.7 Å². The maximum absolute atomic E-state index is 11.9. The topological polar surface area (TPSA) is 57.6 Å². The minimum atomic E-state index is -0.744. The van der Waals surface area contributed by atoms with Crippen molar-refractivity contribution in [2.24, 2.45) is 0 Å². The third-order valence-electron chi connectivity index (χ3n) is 3.59. The largest absolute Gasteiger partial charge is 0.480 e. The Hall–Kier alpha value is -1.68. The van der Waals surface area contributed by atoms with Crippen molar-refractivity contribution < 1.29 is 14.7 Å². The van der Waals surface area contributed by atoms with E-state index in [4.69, 9.17) is 5.11 Å². The van der Waals surface area contributed by atoms with Crippen LogP contribution in [-0.4, -0.2) is 40.9 Å². The first-order valence-electron chi connectivity index (χ1n) is 6.73. The Morgan fingerprint density at radius 1 is 1.26 bits per heavy atom. The average Bonchev–Trinajstić information content (AvgIpc) is 2.88.